The van der Waals surface area contributed by atoms with Gasteiger partial charge in [0.05, 0.1) is 13.6 Å². The standard InChI is InChI=1S/C16H15I2NO3/c1-19(2)15(21)9-10-7-13(17)16(14(18)8-10)22-12-5-3-11(20)4-6-12/h3-8,20H,9H2,1-2H3. The third kappa shape index (κ3) is 4.48. The molecule has 4 nitrogen and oxygen atoms in total. The van der Waals surface area contributed by atoms with Gasteiger partial charge in [0.25, 0.3) is 0 Å². The molecule has 0 spiro atoms. The molecule has 0 saturated heterocycles. The number of hydrogen-bond donors (Lipinski definition) is 1. The summed E-state index contributed by atoms with van der Waals surface area (Å²) in [6, 6.07) is 10.5. The van der Waals surface area contributed by atoms with Gasteiger partial charge in [-0.05, 0) is 87.1 Å². The Morgan fingerprint density at radius 2 is 1.68 bits per heavy atom. The summed E-state index contributed by atoms with van der Waals surface area (Å²) in [4.78, 5) is 13.4. The maximum Gasteiger partial charge on any atom is 0.226 e. The van der Waals surface area contributed by atoms with Gasteiger partial charge in [-0.2, -0.15) is 0 Å². The van der Waals surface area contributed by atoms with E-state index in [1.165, 1.54) is 0 Å². The Balaban J connectivity index is 2.23. The number of phenols is 1. The summed E-state index contributed by atoms with van der Waals surface area (Å²) in [6.07, 6.45) is 0.374. The van der Waals surface area contributed by atoms with E-state index in [0.29, 0.717) is 12.2 Å². The minimum atomic E-state index is 0.0683. The van der Waals surface area contributed by atoms with E-state index in [-0.39, 0.29) is 11.7 Å². The third-order valence-electron chi connectivity index (χ3n) is 2.97. The van der Waals surface area contributed by atoms with Gasteiger partial charge in [0.2, 0.25) is 5.91 Å². The minimum absolute atomic E-state index is 0.0683. The number of rotatable bonds is 4. The van der Waals surface area contributed by atoms with Crippen molar-refractivity contribution >= 4 is 51.1 Å². The predicted octanol–water partition coefficient (Wildman–Crippen LogP) is 4.02. The van der Waals surface area contributed by atoms with Crippen LogP contribution in [0.15, 0.2) is 36.4 Å². The highest BCUT2D eigenvalue weighted by Crippen LogP contribution is 2.33. The molecule has 0 aliphatic heterocycles. The Labute approximate surface area is 156 Å². The fourth-order valence-electron chi connectivity index (χ4n) is 1.78. The predicted molar refractivity (Wildman–Crippen MR) is 102 cm³/mol. The summed E-state index contributed by atoms with van der Waals surface area (Å²) in [5.41, 5.74) is 0.963. The van der Waals surface area contributed by atoms with Gasteiger partial charge < -0.3 is 14.7 Å². The number of hydrogen-bond acceptors (Lipinski definition) is 3. The quantitative estimate of drug-likeness (QED) is 0.617. The monoisotopic (exact) mass is 523 g/mol. The van der Waals surface area contributed by atoms with Gasteiger partial charge in [0.1, 0.15) is 11.5 Å². The van der Waals surface area contributed by atoms with E-state index in [2.05, 4.69) is 45.2 Å². The molecule has 0 aliphatic rings. The zero-order valence-corrected chi connectivity index (χ0v) is 16.5. The Morgan fingerprint density at radius 1 is 1.14 bits per heavy atom. The molecule has 0 radical (unpaired) electrons. The van der Waals surface area contributed by atoms with E-state index in [1.807, 2.05) is 12.1 Å². The maximum absolute atomic E-state index is 11.8. The van der Waals surface area contributed by atoms with Crippen LogP contribution in [-0.2, 0) is 11.2 Å². The van der Waals surface area contributed by atoms with Crippen molar-refractivity contribution in [2.24, 2.45) is 0 Å². The van der Waals surface area contributed by atoms with Gasteiger partial charge in [-0.25, -0.2) is 0 Å². The number of ether oxygens (including phenoxy) is 1. The molecular formula is C16H15I2NO3. The highest BCUT2D eigenvalue weighted by molar-refractivity contribution is 14.1. The highest BCUT2D eigenvalue weighted by Gasteiger charge is 2.13. The van der Waals surface area contributed by atoms with E-state index in [0.717, 1.165) is 18.5 Å². The van der Waals surface area contributed by atoms with Crippen LogP contribution in [0.25, 0.3) is 0 Å². The lowest BCUT2D eigenvalue weighted by molar-refractivity contribution is -0.127. The first-order chi connectivity index (χ1) is 10.4. The topological polar surface area (TPSA) is 49.8 Å². The molecule has 0 aliphatic carbocycles. The Hall–Kier alpha value is -1.03. The molecule has 22 heavy (non-hydrogen) atoms. The van der Waals surface area contributed by atoms with Crippen LogP contribution in [0.5, 0.6) is 17.2 Å². The van der Waals surface area contributed by atoms with Crippen LogP contribution in [0, 0.1) is 7.14 Å². The van der Waals surface area contributed by atoms with E-state index in [4.69, 9.17) is 4.74 Å². The third-order valence-corrected chi connectivity index (χ3v) is 4.57. The van der Waals surface area contributed by atoms with E-state index in [1.54, 1.807) is 43.3 Å². The van der Waals surface area contributed by atoms with Gasteiger partial charge >= 0.3 is 0 Å². The lowest BCUT2D eigenvalue weighted by Gasteiger charge is -2.14. The Kier molecular flexibility index (Phi) is 5.90. The van der Waals surface area contributed by atoms with Crippen LogP contribution in [0.1, 0.15) is 5.56 Å². The maximum atomic E-state index is 11.8. The normalized spacial score (nSPS) is 10.4. The van der Waals surface area contributed by atoms with E-state index in [9.17, 15) is 9.90 Å². The molecule has 116 valence electrons. The first kappa shape index (κ1) is 17.3. The number of carbonyl (C=O) groups is 1. The minimum Gasteiger partial charge on any atom is -0.508 e. The molecule has 0 bridgehead atoms. The van der Waals surface area contributed by atoms with Crippen molar-refractivity contribution in [3.63, 3.8) is 0 Å². The lowest BCUT2D eigenvalue weighted by Crippen LogP contribution is -2.23. The van der Waals surface area contributed by atoms with Crippen LogP contribution >= 0.6 is 45.2 Å². The van der Waals surface area contributed by atoms with Crippen molar-refractivity contribution in [3.8, 4) is 17.2 Å². The second kappa shape index (κ2) is 7.49. The van der Waals surface area contributed by atoms with E-state index < -0.39 is 0 Å². The van der Waals surface area contributed by atoms with E-state index >= 15 is 0 Å². The van der Waals surface area contributed by atoms with Gasteiger partial charge in [0, 0.05) is 14.1 Å². The van der Waals surface area contributed by atoms with Gasteiger partial charge in [0.15, 0.2) is 5.75 Å². The molecular weight excluding hydrogens is 508 g/mol. The SMILES string of the molecule is CN(C)C(=O)Cc1cc(I)c(Oc2ccc(O)cc2)c(I)c1. The smallest absolute Gasteiger partial charge is 0.226 e. The Morgan fingerprint density at radius 3 is 2.18 bits per heavy atom. The van der Waals surface area contributed by atoms with Crippen LogP contribution in [-0.4, -0.2) is 30.0 Å². The first-order valence-electron chi connectivity index (χ1n) is 6.52. The van der Waals surface area contributed by atoms with Gasteiger partial charge in [-0.3, -0.25) is 4.79 Å². The van der Waals surface area contributed by atoms with Crippen LogP contribution < -0.4 is 4.74 Å². The molecule has 6 heteroatoms. The van der Waals surface area contributed by atoms with Crippen molar-refractivity contribution in [2.45, 2.75) is 6.42 Å². The Bertz CT molecular complexity index is 661. The zero-order chi connectivity index (χ0) is 16.3. The summed E-state index contributed by atoms with van der Waals surface area (Å²) in [5.74, 6) is 1.69. The summed E-state index contributed by atoms with van der Waals surface area (Å²) >= 11 is 4.41. The summed E-state index contributed by atoms with van der Waals surface area (Å²) in [5, 5.41) is 9.30. The van der Waals surface area contributed by atoms with Gasteiger partial charge in [-0.15, -0.1) is 0 Å². The van der Waals surface area contributed by atoms with Gasteiger partial charge in [-0.1, -0.05) is 0 Å². The number of nitrogens with zero attached hydrogens (tertiary/aromatic N) is 1. The second-order valence-electron chi connectivity index (χ2n) is 4.95. The average molecular weight is 523 g/mol. The van der Waals surface area contributed by atoms with Crippen LogP contribution in [0.4, 0.5) is 0 Å². The molecule has 1 N–H and O–H groups in total. The fourth-order valence-corrected chi connectivity index (χ4v) is 3.89. The number of amides is 1. The number of halogens is 2. The number of likely N-dealkylation sites (N-methyl/N-ethyl adjacent to an activating group) is 1. The van der Waals surface area contributed by atoms with Crippen LogP contribution in [0.3, 0.4) is 0 Å². The number of aromatic hydroxyl groups is 1. The molecule has 0 saturated carbocycles. The molecule has 0 atom stereocenters. The molecule has 0 unspecified atom stereocenters. The highest BCUT2D eigenvalue weighted by atomic mass is 127. The second-order valence-corrected chi connectivity index (χ2v) is 7.27. The van der Waals surface area contributed by atoms with Crippen molar-refractivity contribution in [2.75, 3.05) is 14.1 Å². The molecule has 2 aromatic carbocycles. The van der Waals surface area contributed by atoms with Crippen molar-refractivity contribution in [1.82, 2.24) is 4.90 Å². The number of carbonyl (C=O) groups excluding carboxylic acids is 1. The number of phenolic OH excluding ortho intramolecular Hbond substituents is 1. The molecule has 2 rings (SSSR count). The zero-order valence-electron chi connectivity index (χ0n) is 12.1. The summed E-state index contributed by atoms with van der Waals surface area (Å²) < 4.78 is 7.77. The average Bonchev–Trinajstić information content (AvgIpc) is 2.44. The van der Waals surface area contributed by atoms with Crippen molar-refractivity contribution in [1.29, 1.82) is 0 Å². The van der Waals surface area contributed by atoms with Crippen molar-refractivity contribution in [3.05, 3.63) is 49.1 Å². The lowest BCUT2D eigenvalue weighted by atomic mass is 10.1. The molecule has 0 aromatic heterocycles. The fraction of sp³-hybridized carbons (Fsp3) is 0.188. The number of benzene rings is 2. The molecule has 0 fully saturated rings. The first-order valence-corrected chi connectivity index (χ1v) is 8.67. The summed E-state index contributed by atoms with van der Waals surface area (Å²) in [7, 11) is 3.50. The van der Waals surface area contributed by atoms with Crippen LogP contribution in [0.2, 0.25) is 0 Å². The molecule has 1 amide bonds. The molecule has 2 aromatic rings. The summed E-state index contributed by atoms with van der Waals surface area (Å²) in [6.45, 7) is 0. The molecule has 0 heterocycles. The van der Waals surface area contributed by atoms with Crippen molar-refractivity contribution < 1.29 is 14.6 Å². The largest absolute Gasteiger partial charge is 0.508 e.